The lowest BCUT2D eigenvalue weighted by atomic mass is 10.2. The Kier molecular flexibility index (Phi) is 3.65. The van der Waals surface area contributed by atoms with Crippen LogP contribution in [0.1, 0.15) is 6.42 Å². The van der Waals surface area contributed by atoms with Crippen LogP contribution in [-0.4, -0.2) is 59.9 Å². The number of carbonyl (C=O) groups is 1. The molecule has 1 aliphatic heterocycles. The second-order valence-corrected chi connectivity index (χ2v) is 3.51. The second kappa shape index (κ2) is 4.55. The molecule has 3 N–H and O–H groups in total. The van der Waals surface area contributed by atoms with E-state index in [1.807, 2.05) is 0 Å². The maximum Gasteiger partial charge on any atom is 0.317 e. The molecule has 76 valence electrons. The number of carboxylic acids is 1. The predicted molar refractivity (Wildman–Crippen MR) is 47.5 cm³/mol. The second-order valence-electron chi connectivity index (χ2n) is 3.51. The number of nitrogens with zero attached hydrogens (tertiary/aromatic N) is 1. The van der Waals surface area contributed by atoms with Gasteiger partial charge in [0, 0.05) is 12.6 Å². The van der Waals surface area contributed by atoms with E-state index >= 15 is 0 Å². The van der Waals surface area contributed by atoms with Gasteiger partial charge < -0.3 is 15.5 Å². The van der Waals surface area contributed by atoms with Crippen LogP contribution in [0.15, 0.2) is 0 Å². The molecule has 5 heteroatoms. The van der Waals surface area contributed by atoms with Crippen LogP contribution in [-0.2, 0) is 4.79 Å². The predicted octanol–water partition coefficient (Wildman–Crippen LogP) is -1.27. The van der Waals surface area contributed by atoms with Gasteiger partial charge >= 0.3 is 5.97 Å². The number of rotatable bonds is 4. The fourth-order valence-electron chi connectivity index (χ4n) is 1.57. The summed E-state index contributed by atoms with van der Waals surface area (Å²) in [5.41, 5.74) is 0. The van der Waals surface area contributed by atoms with Crippen molar-refractivity contribution in [3.63, 3.8) is 0 Å². The van der Waals surface area contributed by atoms with Gasteiger partial charge in [-0.25, -0.2) is 0 Å². The van der Waals surface area contributed by atoms with Crippen molar-refractivity contribution in [2.75, 3.05) is 26.7 Å². The molecule has 1 heterocycles. The van der Waals surface area contributed by atoms with Gasteiger partial charge in [-0.1, -0.05) is 0 Å². The maximum atomic E-state index is 10.3. The Labute approximate surface area is 77.3 Å². The molecule has 1 rings (SSSR count). The van der Waals surface area contributed by atoms with Crippen molar-refractivity contribution >= 4 is 5.97 Å². The SMILES string of the molecule is CN(CC(=O)O)CC1NCCC1O. The molecule has 0 aliphatic carbocycles. The van der Waals surface area contributed by atoms with Crippen LogP contribution in [0.25, 0.3) is 0 Å². The highest BCUT2D eigenvalue weighted by Gasteiger charge is 2.25. The van der Waals surface area contributed by atoms with Crippen molar-refractivity contribution in [1.29, 1.82) is 0 Å². The summed E-state index contributed by atoms with van der Waals surface area (Å²) < 4.78 is 0. The molecule has 5 nitrogen and oxygen atoms in total. The average molecular weight is 188 g/mol. The quantitative estimate of drug-likeness (QED) is 0.513. The van der Waals surface area contributed by atoms with Crippen molar-refractivity contribution < 1.29 is 15.0 Å². The molecular formula is C8H16N2O3. The Bertz CT molecular complexity index is 186. The smallest absolute Gasteiger partial charge is 0.317 e. The van der Waals surface area contributed by atoms with Crippen molar-refractivity contribution in [2.45, 2.75) is 18.6 Å². The number of aliphatic hydroxyl groups excluding tert-OH is 1. The lowest BCUT2D eigenvalue weighted by Gasteiger charge is -2.21. The summed E-state index contributed by atoms with van der Waals surface area (Å²) in [7, 11) is 1.74. The Hall–Kier alpha value is -0.650. The monoisotopic (exact) mass is 188 g/mol. The van der Waals surface area contributed by atoms with E-state index in [4.69, 9.17) is 5.11 Å². The number of likely N-dealkylation sites (N-methyl/N-ethyl adjacent to an activating group) is 1. The molecule has 0 spiro atoms. The molecule has 2 atom stereocenters. The van der Waals surface area contributed by atoms with Crippen LogP contribution >= 0.6 is 0 Å². The molecule has 1 saturated heterocycles. The van der Waals surface area contributed by atoms with Crippen molar-refractivity contribution in [2.24, 2.45) is 0 Å². The normalized spacial score (nSPS) is 28.2. The first-order valence-electron chi connectivity index (χ1n) is 4.41. The van der Waals surface area contributed by atoms with Gasteiger partial charge in [0.25, 0.3) is 0 Å². The fourth-order valence-corrected chi connectivity index (χ4v) is 1.57. The lowest BCUT2D eigenvalue weighted by Crippen LogP contribution is -2.42. The third-order valence-corrected chi connectivity index (χ3v) is 2.22. The number of carboxylic acid groups (broad SMARTS) is 1. The summed E-state index contributed by atoms with van der Waals surface area (Å²) in [6, 6.07) is 0.0179. The summed E-state index contributed by atoms with van der Waals surface area (Å²) in [4.78, 5) is 12.0. The molecule has 0 radical (unpaired) electrons. The molecule has 0 aromatic rings. The van der Waals surface area contributed by atoms with Crippen LogP contribution in [0, 0.1) is 0 Å². The van der Waals surface area contributed by atoms with Crippen molar-refractivity contribution in [1.82, 2.24) is 10.2 Å². The van der Waals surface area contributed by atoms with E-state index < -0.39 is 5.97 Å². The first kappa shape index (κ1) is 10.4. The molecule has 0 bridgehead atoms. The van der Waals surface area contributed by atoms with Gasteiger partial charge in [-0.05, 0) is 20.0 Å². The number of aliphatic hydroxyl groups is 1. The summed E-state index contributed by atoms with van der Waals surface area (Å²) in [6.45, 7) is 1.41. The summed E-state index contributed by atoms with van der Waals surface area (Å²) >= 11 is 0. The molecule has 2 unspecified atom stereocenters. The van der Waals surface area contributed by atoms with Gasteiger partial charge in [-0.2, -0.15) is 0 Å². The first-order chi connectivity index (χ1) is 6.09. The van der Waals surface area contributed by atoms with Crippen LogP contribution in [0.5, 0.6) is 0 Å². The molecule has 13 heavy (non-hydrogen) atoms. The zero-order valence-corrected chi connectivity index (χ0v) is 7.73. The molecule has 0 aromatic heterocycles. The highest BCUT2D eigenvalue weighted by molar-refractivity contribution is 5.69. The minimum Gasteiger partial charge on any atom is -0.480 e. The maximum absolute atomic E-state index is 10.3. The van der Waals surface area contributed by atoms with Crippen LogP contribution in [0.4, 0.5) is 0 Å². The van der Waals surface area contributed by atoms with Crippen LogP contribution < -0.4 is 5.32 Å². The number of hydrogen-bond acceptors (Lipinski definition) is 4. The van der Waals surface area contributed by atoms with Gasteiger partial charge in [0.1, 0.15) is 0 Å². The zero-order valence-electron chi connectivity index (χ0n) is 7.73. The topological polar surface area (TPSA) is 72.8 Å². The molecular weight excluding hydrogens is 172 g/mol. The Balaban J connectivity index is 2.26. The summed E-state index contributed by atoms with van der Waals surface area (Å²) in [5.74, 6) is -0.838. The Morgan fingerprint density at radius 3 is 2.85 bits per heavy atom. The van der Waals surface area contributed by atoms with E-state index in [0.29, 0.717) is 6.54 Å². The van der Waals surface area contributed by atoms with E-state index in [2.05, 4.69) is 5.32 Å². The number of aliphatic carboxylic acids is 1. The van der Waals surface area contributed by atoms with Crippen molar-refractivity contribution in [3.05, 3.63) is 0 Å². The number of nitrogens with one attached hydrogen (secondary N) is 1. The lowest BCUT2D eigenvalue weighted by molar-refractivity contribution is -0.138. The van der Waals surface area contributed by atoms with E-state index in [1.165, 1.54) is 0 Å². The molecule has 1 aliphatic rings. The first-order valence-corrected chi connectivity index (χ1v) is 4.41. The van der Waals surface area contributed by atoms with E-state index in [-0.39, 0.29) is 18.7 Å². The minimum absolute atomic E-state index is 0.0179. The molecule has 1 fully saturated rings. The largest absolute Gasteiger partial charge is 0.480 e. The summed E-state index contributed by atoms with van der Waals surface area (Å²) in [6.07, 6.45) is 0.419. The van der Waals surface area contributed by atoms with Crippen molar-refractivity contribution in [3.8, 4) is 0 Å². The Morgan fingerprint density at radius 2 is 2.38 bits per heavy atom. The highest BCUT2D eigenvalue weighted by atomic mass is 16.4. The van der Waals surface area contributed by atoms with Crippen LogP contribution in [0.3, 0.4) is 0 Å². The van der Waals surface area contributed by atoms with Crippen LogP contribution in [0.2, 0.25) is 0 Å². The van der Waals surface area contributed by atoms with E-state index in [0.717, 1.165) is 13.0 Å². The highest BCUT2D eigenvalue weighted by Crippen LogP contribution is 2.07. The molecule has 0 aromatic carbocycles. The third-order valence-electron chi connectivity index (χ3n) is 2.22. The Morgan fingerprint density at radius 1 is 1.69 bits per heavy atom. The average Bonchev–Trinajstić information content (AvgIpc) is 2.34. The van der Waals surface area contributed by atoms with Gasteiger partial charge in [0.15, 0.2) is 0 Å². The summed E-state index contributed by atoms with van der Waals surface area (Å²) in [5, 5.41) is 21.1. The molecule has 0 amide bonds. The van der Waals surface area contributed by atoms with Gasteiger partial charge in [-0.15, -0.1) is 0 Å². The number of hydrogen-bond donors (Lipinski definition) is 3. The third kappa shape index (κ3) is 3.30. The fraction of sp³-hybridized carbons (Fsp3) is 0.875. The van der Waals surface area contributed by atoms with Gasteiger partial charge in [-0.3, -0.25) is 9.69 Å². The standard InChI is InChI=1S/C8H16N2O3/c1-10(5-8(12)13)4-6-7(11)2-3-9-6/h6-7,9,11H,2-5H2,1H3,(H,12,13). The van der Waals surface area contributed by atoms with E-state index in [9.17, 15) is 9.90 Å². The zero-order chi connectivity index (χ0) is 9.84. The van der Waals surface area contributed by atoms with E-state index in [1.54, 1.807) is 11.9 Å². The van der Waals surface area contributed by atoms with Gasteiger partial charge in [0.05, 0.1) is 12.6 Å². The minimum atomic E-state index is -0.838. The van der Waals surface area contributed by atoms with Gasteiger partial charge in [0.2, 0.25) is 0 Å². The molecule has 0 saturated carbocycles.